The Morgan fingerprint density at radius 2 is 2.07 bits per heavy atom. The molecule has 0 aliphatic heterocycles. The summed E-state index contributed by atoms with van der Waals surface area (Å²) in [6.45, 7) is 0. The highest BCUT2D eigenvalue weighted by molar-refractivity contribution is 5.81. The fourth-order valence-electron chi connectivity index (χ4n) is 0.999. The van der Waals surface area contributed by atoms with E-state index in [1.54, 1.807) is 12.1 Å². The van der Waals surface area contributed by atoms with Crippen LogP contribution in [0.5, 0.6) is 0 Å². The van der Waals surface area contributed by atoms with Crippen molar-refractivity contribution in [1.29, 1.82) is 0 Å². The fraction of sp³-hybridized carbons (Fsp3) is 0.182. The molecule has 0 aliphatic rings. The van der Waals surface area contributed by atoms with Crippen molar-refractivity contribution < 1.29 is 14.6 Å². The first-order valence-electron chi connectivity index (χ1n) is 4.23. The first kappa shape index (κ1) is 10.5. The van der Waals surface area contributed by atoms with Crippen molar-refractivity contribution in [2.45, 2.75) is 6.10 Å². The lowest BCUT2D eigenvalue weighted by molar-refractivity contribution is -0.134. The maximum atomic E-state index is 10.7. The monoisotopic (exact) mass is 192 g/mol. The van der Waals surface area contributed by atoms with Gasteiger partial charge in [0.15, 0.2) is 0 Å². The van der Waals surface area contributed by atoms with Crippen LogP contribution in [0.4, 0.5) is 0 Å². The summed E-state index contributed by atoms with van der Waals surface area (Å²) in [6.07, 6.45) is 1.83. The zero-order chi connectivity index (χ0) is 10.4. The number of aliphatic hydroxyl groups excluding tert-OH is 1. The molecule has 0 aromatic heterocycles. The Labute approximate surface area is 82.6 Å². The Morgan fingerprint density at radius 1 is 1.43 bits per heavy atom. The minimum absolute atomic E-state index is 0.472. The topological polar surface area (TPSA) is 46.5 Å². The SMILES string of the molecule is COC(=O)/C=C/[C@@H](O)c1ccccc1. The van der Waals surface area contributed by atoms with Crippen LogP contribution >= 0.6 is 0 Å². The predicted octanol–water partition coefficient (Wildman–Crippen LogP) is 1.45. The molecule has 0 heterocycles. The number of aliphatic hydroxyl groups is 1. The molecule has 1 atom stereocenters. The summed E-state index contributed by atoms with van der Waals surface area (Å²) in [5.74, 6) is -0.472. The number of ether oxygens (including phenoxy) is 1. The van der Waals surface area contributed by atoms with Gasteiger partial charge in [-0.25, -0.2) is 4.79 Å². The van der Waals surface area contributed by atoms with Gasteiger partial charge in [-0.1, -0.05) is 30.3 Å². The molecule has 1 N–H and O–H groups in total. The second-order valence-electron chi connectivity index (χ2n) is 2.74. The zero-order valence-corrected chi connectivity index (χ0v) is 7.88. The van der Waals surface area contributed by atoms with Crippen LogP contribution in [0.15, 0.2) is 42.5 Å². The van der Waals surface area contributed by atoms with E-state index in [2.05, 4.69) is 4.74 Å². The van der Waals surface area contributed by atoms with Crippen molar-refractivity contribution in [3.05, 3.63) is 48.0 Å². The van der Waals surface area contributed by atoms with Gasteiger partial charge in [-0.15, -0.1) is 0 Å². The highest BCUT2D eigenvalue weighted by Crippen LogP contribution is 2.12. The van der Waals surface area contributed by atoms with Crippen molar-refractivity contribution in [3.63, 3.8) is 0 Å². The minimum Gasteiger partial charge on any atom is -0.466 e. The van der Waals surface area contributed by atoms with Gasteiger partial charge in [-0.05, 0) is 11.6 Å². The molecule has 0 radical (unpaired) electrons. The first-order chi connectivity index (χ1) is 6.74. The molecule has 0 bridgehead atoms. The third kappa shape index (κ3) is 3.03. The summed E-state index contributed by atoms with van der Waals surface area (Å²) >= 11 is 0. The Balaban J connectivity index is 2.63. The van der Waals surface area contributed by atoms with Gasteiger partial charge in [0, 0.05) is 6.08 Å². The van der Waals surface area contributed by atoms with E-state index in [0.29, 0.717) is 0 Å². The van der Waals surface area contributed by atoms with Crippen LogP contribution in [0.1, 0.15) is 11.7 Å². The molecule has 0 unspecified atom stereocenters. The molecule has 1 rings (SSSR count). The Bertz CT molecular complexity index is 317. The van der Waals surface area contributed by atoms with E-state index in [-0.39, 0.29) is 0 Å². The van der Waals surface area contributed by atoms with E-state index in [0.717, 1.165) is 5.56 Å². The van der Waals surface area contributed by atoms with Gasteiger partial charge in [-0.2, -0.15) is 0 Å². The molecule has 0 aliphatic carbocycles. The van der Waals surface area contributed by atoms with E-state index < -0.39 is 12.1 Å². The molecule has 1 aromatic carbocycles. The van der Waals surface area contributed by atoms with Crippen LogP contribution in [0, 0.1) is 0 Å². The summed E-state index contributed by atoms with van der Waals surface area (Å²) < 4.78 is 4.40. The maximum absolute atomic E-state index is 10.7. The lowest BCUT2D eigenvalue weighted by atomic mass is 10.1. The van der Waals surface area contributed by atoms with Crippen molar-refractivity contribution >= 4 is 5.97 Å². The van der Waals surface area contributed by atoms with Gasteiger partial charge in [0.1, 0.15) is 0 Å². The molecule has 1 aromatic rings. The molecule has 3 nitrogen and oxygen atoms in total. The van der Waals surface area contributed by atoms with Crippen LogP contribution in [0.25, 0.3) is 0 Å². The average molecular weight is 192 g/mol. The number of carbonyl (C=O) groups is 1. The average Bonchev–Trinajstić information content (AvgIpc) is 2.26. The van der Waals surface area contributed by atoms with Gasteiger partial charge in [0.25, 0.3) is 0 Å². The van der Waals surface area contributed by atoms with Crippen LogP contribution in [-0.4, -0.2) is 18.2 Å². The van der Waals surface area contributed by atoms with Crippen LogP contribution < -0.4 is 0 Å². The molecule has 0 amide bonds. The summed E-state index contributed by atoms with van der Waals surface area (Å²) in [7, 11) is 1.29. The standard InChI is InChI=1S/C11H12O3/c1-14-11(13)8-7-10(12)9-5-3-2-4-6-9/h2-8,10,12H,1H3/b8-7+/t10-/m1/s1. The number of hydrogen-bond donors (Lipinski definition) is 1. The first-order valence-corrected chi connectivity index (χ1v) is 4.23. The Hall–Kier alpha value is -1.61. The normalized spacial score (nSPS) is 12.7. The summed E-state index contributed by atoms with van der Waals surface area (Å²) in [5.41, 5.74) is 0.743. The van der Waals surface area contributed by atoms with E-state index in [1.165, 1.54) is 19.3 Å². The van der Waals surface area contributed by atoms with Crippen LogP contribution in [0.3, 0.4) is 0 Å². The molecule has 0 spiro atoms. The summed E-state index contributed by atoms with van der Waals surface area (Å²) in [5, 5.41) is 9.57. The summed E-state index contributed by atoms with van der Waals surface area (Å²) in [6, 6.07) is 9.08. The molecule has 14 heavy (non-hydrogen) atoms. The van der Waals surface area contributed by atoms with Crippen molar-refractivity contribution in [1.82, 2.24) is 0 Å². The van der Waals surface area contributed by atoms with Gasteiger partial charge in [-0.3, -0.25) is 0 Å². The number of esters is 1. The molecule has 3 heteroatoms. The molecular formula is C11H12O3. The molecular weight excluding hydrogens is 180 g/mol. The van der Waals surface area contributed by atoms with Crippen LogP contribution in [0.2, 0.25) is 0 Å². The highest BCUT2D eigenvalue weighted by Gasteiger charge is 2.02. The second-order valence-corrected chi connectivity index (χ2v) is 2.74. The number of rotatable bonds is 3. The lowest BCUT2D eigenvalue weighted by Crippen LogP contribution is -1.97. The Morgan fingerprint density at radius 3 is 2.64 bits per heavy atom. The van der Waals surface area contributed by atoms with E-state index in [1.807, 2.05) is 18.2 Å². The van der Waals surface area contributed by atoms with E-state index in [9.17, 15) is 9.90 Å². The molecule has 0 saturated carbocycles. The quantitative estimate of drug-likeness (QED) is 0.582. The van der Waals surface area contributed by atoms with Crippen molar-refractivity contribution in [2.75, 3.05) is 7.11 Å². The number of methoxy groups -OCH3 is 1. The number of carbonyl (C=O) groups excluding carboxylic acids is 1. The largest absolute Gasteiger partial charge is 0.466 e. The maximum Gasteiger partial charge on any atom is 0.330 e. The second kappa shape index (κ2) is 5.19. The lowest BCUT2D eigenvalue weighted by Gasteiger charge is -2.04. The van der Waals surface area contributed by atoms with E-state index in [4.69, 9.17) is 0 Å². The smallest absolute Gasteiger partial charge is 0.330 e. The molecule has 0 saturated heterocycles. The zero-order valence-electron chi connectivity index (χ0n) is 7.88. The van der Waals surface area contributed by atoms with E-state index >= 15 is 0 Å². The highest BCUT2D eigenvalue weighted by atomic mass is 16.5. The third-order valence-electron chi connectivity index (χ3n) is 1.76. The molecule has 0 fully saturated rings. The number of hydrogen-bond acceptors (Lipinski definition) is 3. The fourth-order valence-corrected chi connectivity index (χ4v) is 0.999. The van der Waals surface area contributed by atoms with Gasteiger partial charge in [0.05, 0.1) is 13.2 Å². The van der Waals surface area contributed by atoms with Gasteiger partial charge < -0.3 is 9.84 Å². The van der Waals surface area contributed by atoms with Crippen molar-refractivity contribution in [3.8, 4) is 0 Å². The Kier molecular flexibility index (Phi) is 3.88. The third-order valence-corrected chi connectivity index (χ3v) is 1.76. The number of benzene rings is 1. The van der Waals surface area contributed by atoms with Gasteiger partial charge >= 0.3 is 5.97 Å². The summed E-state index contributed by atoms with van der Waals surface area (Å²) in [4.78, 5) is 10.7. The molecule has 74 valence electrons. The predicted molar refractivity (Wildman–Crippen MR) is 52.6 cm³/mol. The van der Waals surface area contributed by atoms with Crippen molar-refractivity contribution in [2.24, 2.45) is 0 Å². The van der Waals surface area contributed by atoms with Crippen LogP contribution in [-0.2, 0) is 9.53 Å². The van der Waals surface area contributed by atoms with Gasteiger partial charge in [0.2, 0.25) is 0 Å². The minimum atomic E-state index is -0.768.